The van der Waals surface area contributed by atoms with Gasteiger partial charge in [0.2, 0.25) is 0 Å². The van der Waals surface area contributed by atoms with E-state index in [-0.39, 0.29) is 11.3 Å². The lowest BCUT2D eigenvalue weighted by Gasteiger charge is -2.28. The summed E-state index contributed by atoms with van der Waals surface area (Å²) in [4.78, 5) is 24.8. The number of hydrogen-bond acceptors (Lipinski definition) is 6. The monoisotopic (exact) mass is 308 g/mol. The van der Waals surface area contributed by atoms with Gasteiger partial charge in [0.25, 0.3) is 5.69 Å². The molecule has 0 bridgehead atoms. The van der Waals surface area contributed by atoms with Crippen molar-refractivity contribution in [1.82, 2.24) is 0 Å². The molecule has 0 atom stereocenters. The normalized spacial score (nSPS) is 15.5. The minimum atomic E-state index is -0.644. The molecule has 1 aromatic carbocycles. The van der Waals surface area contributed by atoms with E-state index < -0.39 is 16.5 Å². The number of ether oxygens (including phenoxy) is 2. The molecule has 0 saturated carbocycles. The van der Waals surface area contributed by atoms with Crippen LogP contribution in [0.25, 0.3) is 0 Å². The zero-order chi connectivity index (χ0) is 16.3. The Morgan fingerprint density at radius 3 is 2.50 bits per heavy atom. The van der Waals surface area contributed by atoms with Crippen LogP contribution < -0.4 is 4.90 Å². The van der Waals surface area contributed by atoms with E-state index in [2.05, 4.69) is 0 Å². The predicted octanol–water partition coefficient (Wildman–Crippen LogP) is 2.39. The number of carbonyl (C=O) groups excluding carboxylic acids is 1. The van der Waals surface area contributed by atoms with Gasteiger partial charge in [-0.3, -0.25) is 10.1 Å². The van der Waals surface area contributed by atoms with E-state index in [9.17, 15) is 14.9 Å². The molecule has 0 aromatic heterocycles. The summed E-state index contributed by atoms with van der Waals surface area (Å²) in [7, 11) is 0. The fraction of sp³-hybridized carbons (Fsp3) is 0.533. The van der Waals surface area contributed by atoms with Gasteiger partial charge >= 0.3 is 5.97 Å². The number of hydrogen-bond donors (Lipinski definition) is 0. The van der Waals surface area contributed by atoms with E-state index in [1.165, 1.54) is 6.07 Å². The molecule has 7 heteroatoms. The fourth-order valence-corrected chi connectivity index (χ4v) is 2.21. The van der Waals surface area contributed by atoms with Crippen molar-refractivity contribution in [2.24, 2.45) is 0 Å². The summed E-state index contributed by atoms with van der Waals surface area (Å²) in [5.41, 5.74) is -0.0566. The maximum absolute atomic E-state index is 12.0. The number of anilines is 1. The van der Waals surface area contributed by atoms with Crippen LogP contribution in [0.15, 0.2) is 18.2 Å². The van der Waals surface area contributed by atoms with Crippen molar-refractivity contribution >= 4 is 17.3 Å². The molecule has 1 aliphatic rings. The Morgan fingerprint density at radius 2 is 1.95 bits per heavy atom. The van der Waals surface area contributed by atoms with E-state index in [1.807, 2.05) is 4.90 Å². The van der Waals surface area contributed by atoms with Crippen LogP contribution in [0.5, 0.6) is 0 Å². The Kier molecular flexibility index (Phi) is 4.65. The Morgan fingerprint density at radius 1 is 1.32 bits per heavy atom. The summed E-state index contributed by atoms with van der Waals surface area (Å²) >= 11 is 0. The molecule has 7 nitrogen and oxygen atoms in total. The standard InChI is InChI=1S/C15H20N2O5/c1-15(2,3)22-14(18)11-4-5-12(13(10-11)17(19)20)16-6-8-21-9-7-16/h4-5,10H,6-9H2,1-3H3. The van der Waals surface area contributed by atoms with Crippen LogP contribution in [0.3, 0.4) is 0 Å². The molecule has 0 aliphatic carbocycles. The molecule has 0 radical (unpaired) electrons. The van der Waals surface area contributed by atoms with E-state index in [0.717, 1.165) is 0 Å². The Bertz CT molecular complexity index is 574. The quantitative estimate of drug-likeness (QED) is 0.484. The minimum absolute atomic E-state index is 0.0924. The van der Waals surface area contributed by atoms with Crippen LogP contribution in [-0.2, 0) is 9.47 Å². The van der Waals surface area contributed by atoms with Crippen molar-refractivity contribution in [1.29, 1.82) is 0 Å². The fourth-order valence-electron chi connectivity index (χ4n) is 2.21. The molecule has 0 unspecified atom stereocenters. The van der Waals surface area contributed by atoms with Crippen molar-refractivity contribution in [2.75, 3.05) is 31.2 Å². The number of benzene rings is 1. The predicted molar refractivity (Wildman–Crippen MR) is 81.3 cm³/mol. The summed E-state index contributed by atoms with van der Waals surface area (Å²) < 4.78 is 10.5. The summed E-state index contributed by atoms with van der Waals surface area (Å²) in [5.74, 6) is -0.566. The van der Waals surface area contributed by atoms with Gasteiger partial charge in [0.1, 0.15) is 11.3 Å². The van der Waals surface area contributed by atoms with Gasteiger partial charge < -0.3 is 14.4 Å². The summed E-state index contributed by atoms with van der Waals surface area (Å²) in [6.07, 6.45) is 0. The largest absolute Gasteiger partial charge is 0.456 e. The van der Waals surface area contributed by atoms with E-state index in [4.69, 9.17) is 9.47 Å². The van der Waals surface area contributed by atoms with Crippen molar-refractivity contribution < 1.29 is 19.2 Å². The first-order chi connectivity index (χ1) is 10.3. The average molecular weight is 308 g/mol. The second-order valence-corrected chi connectivity index (χ2v) is 6.06. The van der Waals surface area contributed by atoms with Gasteiger partial charge in [-0.25, -0.2) is 4.79 Å². The highest BCUT2D eigenvalue weighted by atomic mass is 16.6. The van der Waals surface area contributed by atoms with Gasteiger partial charge in [0, 0.05) is 19.2 Å². The number of nitro benzene ring substituents is 1. The molecule has 0 amide bonds. The van der Waals surface area contributed by atoms with Crippen molar-refractivity contribution in [3.05, 3.63) is 33.9 Å². The van der Waals surface area contributed by atoms with Crippen LogP contribution in [0.2, 0.25) is 0 Å². The molecular formula is C15H20N2O5. The lowest BCUT2D eigenvalue weighted by atomic mass is 10.1. The van der Waals surface area contributed by atoms with Gasteiger partial charge in [-0.2, -0.15) is 0 Å². The Hall–Kier alpha value is -2.15. The first-order valence-corrected chi connectivity index (χ1v) is 7.12. The minimum Gasteiger partial charge on any atom is -0.456 e. The van der Waals surface area contributed by atoms with Crippen molar-refractivity contribution in [3.8, 4) is 0 Å². The number of esters is 1. The molecule has 1 fully saturated rings. The molecule has 0 spiro atoms. The number of morpholine rings is 1. The maximum atomic E-state index is 12.0. The topological polar surface area (TPSA) is 81.9 Å². The molecule has 0 N–H and O–H groups in total. The molecule has 1 aliphatic heterocycles. The van der Waals surface area contributed by atoms with E-state index in [1.54, 1.807) is 32.9 Å². The van der Waals surface area contributed by atoms with Crippen LogP contribution in [0.4, 0.5) is 11.4 Å². The van der Waals surface area contributed by atoms with E-state index in [0.29, 0.717) is 32.0 Å². The second-order valence-electron chi connectivity index (χ2n) is 6.06. The van der Waals surface area contributed by atoms with Crippen LogP contribution >= 0.6 is 0 Å². The molecular weight excluding hydrogens is 288 g/mol. The van der Waals surface area contributed by atoms with Gasteiger partial charge in [0.15, 0.2) is 0 Å². The molecule has 120 valence electrons. The van der Waals surface area contributed by atoms with Crippen molar-refractivity contribution in [3.63, 3.8) is 0 Å². The van der Waals surface area contributed by atoms with Gasteiger partial charge in [-0.15, -0.1) is 0 Å². The zero-order valence-corrected chi connectivity index (χ0v) is 13.0. The first kappa shape index (κ1) is 16.2. The van der Waals surface area contributed by atoms with E-state index >= 15 is 0 Å². The zero-order valence-electron chi connectivity index (χ0n) is 13.0. The number of carbonyl (C=O) groups is 1. The lowest BCUT2D eigenvalue weighted by Crippen LogP contribution is -2.36. The van der Waals surface area contributed by atoms with Gasteiger partial charge in [-0.1, -0.05) is 0 Å². The van der Waals surface area contributed by atoms with Crippen LogP contribution in [0, 0.1) is 10.1 Å². The first-order valence-electron chi connectivity index (χ1n) is 7.12. The molecule has 1 saturated heterocycles. The van der Waals surface area contributed by atoms with Crippen molar-refractivity contribution in [2.45, 2.75) is 26.4 Å². The number of rotatable bonds is 3. The van der Waals surface area contributed by atoms with Crippen LogP contribution in [-0.4, -0.2) is 42.8 Å². The van der Waals surface area contributed by atoms with Gasteiger partial charge in [-0.05, 0) is 32.9 Å². The number of nitrogens with zero attached hydrogens (tertiary/aromatic N) is 2. The Labute approximate surface area is 129 Å². The number of nitro groups is 1. The summed E-state index contributed by atoms with van der Waals surface area (Å²) in [5, 5.41) is 11.3. The SMILES string of the molecule is CC(C)(C)OC(=O)c1ccc(N2CCOCC2)c([N+](=O)[O-])c1. The molecule has 1 aromatic rings. The third-order valence-corrected chi connectivity index (χ3v) is 3.16. The van der Waals surface area contributed by atoms with Gasteiger partial charge in [0.05, 0.1) is 23.7 Å². The summed E-state index contributed by atoms with van der Waals surface area (Å²) in [6, 6.07) is 4.44. The third kappa shape index (κ3) is 3.94. The molecule has 1 heterocycles. The highest BCUT2D eigenvalue weighted by molar-refractivity contribution is 5.91. The smallest absolute Gasteiger partial charge is 0.338 e. The lowest BCUT2D eigenvalue weighted by molar-refractivity contribution is -0.384. The second kappa shape index (κ2) is 6.31. The summed E-state index contributed by atoms with van der Waals surface area (Å²) in [6.45, 7) is 7.50. The Balaban J connectivity index is 2.30. The third-order valence-electron chi connectivity index (χ3n) is 3.16. The molecule has 22 heavy (non-hydrogen) atoms. The highest BCUT2D eigenvalue weighted by Crippen LogP contribution is 2.30. The maximum Gasteiger partial charge on any atom is 0.338 e. The van der Waals surface area contributed by atoms with Crippen LogP contribution in [0.1, 0.15) is 31.1 Å². The molecule has 2 rings (SSSR count). The highest BCUT2D eigenvalue weighted by Gasteiger charge is 2.25. The average Bonchev–Trinajstić information content (AvgIpc) is 2.45.